The summed E-state index contributed by atoms with van der Waals surface area (Å²) >= 11 is 0. The minimum atomic E-state index is -0.277. The first kappa shape index (κ1) is 21.0. The molecule has 0 bridgehead atoms. The number of benzene rings is 1. The van der Waals surface area contributed by atoms with Gasteiger partial charge in [0.05, 0.1) is 12.1 Å². The Bertz CT molecular complexity index is 1100. The lowest BCUT2D eigenvalue weighted by molar-refractivity contribution is -0.125. The Labute approximate surface area is 190 Å². The number of hydrogen-bond donors (Lipinski definition) is 3. The van der Waals surface area contributed by atoms with Crippen molar-refractivity contribution in [3.05, 3.63) is 60.3 Å². The first-order valence-electron chi connectivity index (χ1n) is 11.1. The van der Waals surface area contributed by atoms with Gasteiger partial charge in [0.1, 0.15) is 23.3 Å². The summed E-state index contributed by atoms with van der Waals surface area (Å²) in [5, 5.41) is 9.40. The molecular weight excluding hydrogens is 423 g/mol. The zero-order chi connectivity index (χ0) is 22.6. The topological polar surface area (TPSA) is 108 Å². The van der Waals surface area contributed by atoms with E-state index in [1.807, 2.05) is 11.0 Å². The Kier molecular flexibility index (Phi) is 5.97. The van der Waals surface area contributed by atoms with E-state index in [0.717, 1.165) is 12.1 Å². The number of aromatic nitrogens is 4. The maximum absolute atomic E-state index is 13.2. The smallest absolute Gasteiger partial charge is 0.226 e. The van der Waals surface area contributed by atoms with E-state index in [0.29, 0.717) is 49.0 Å². The number of halogens is 1. The van der Waals surface area contributed by atoms with E-state index < -0.39 is 0 Å². The molecule has 1 saturated carbocycles. The van der Waals surface area contributed by atoms with Gasteiger partial charge in [-0.1, -0.05) is 12.1 Å². The van der Waals surface area contributed by atoms with Gasteiger partial charge < -0.3 is 20.9 Å². The molecule has 2 fully saturated rings. The minimum absolute atomic E-state index is 0.0364. The monoisotopic (exact) mass is 448 g/mol. The van der Waals surface area contributed by atoms with Crippen LogP contribution in [0.1, 0.15) is 18.4 Å². The van der Waals surface area contributed by atoms with Crippen molar-refractivity contribution in [2.75, 3.05) is 35.2 Å². The first-order chi connectivity index (χ1) is 16.1. The quantitative estimate of drug-likeness (QED) is 0.459. The molecule has 0 atom stereocenters. The van der Waals surface area contributed by atoms with Crippen LogP contribution >= 0.6 is 0 Å². The van der Waals surface area contributed by atoms with E-state index in [4.69, 9.17) is 0 Å². The highest BCUT2D eigenvalue weighted by Crippen LogP contribution is 2.29. The van der Waals surface area contributed by atoms with Crippen molar-refractivity contribution < 1.29 is 9.18 Å². The van der Waals surface area contributed by atoms with Gasteiger partial charge in [0.25, 0.3) is 0 Å². The molecule has 3 heterocycles. The normalized spacial score (nSPS) is 15.6. The van der Waals surface area contributed by atoms with Crippen LogP contribution < -0.4 is 20.9 Å². The van der Waals surface area contributed by atoms with E-state index in [2.05, 4.69) is 35.9 Å². The van der Waals surface area contributed by atoms with Gasteiger partial charge in [-0.2, -0.15) is 9.97 Å². The van der Waals surface area contributed by atoms with Crippen molar-refractivity contribution in [1.82, 2.24) is 25.3 Å². The van der Waals surface area contributed by atoms with Crippen LogP contribution in [0.15, 0.2) is 48.9 Å². The van der Waals surface area contributed by atoms with Crippen molar-refractivity contribution in [1.29, 1.82) is 0 Å². The number of amides is 1. The van der Waals surface area contributed by atoms with Gasteiger partial charge in [0.15, 0.2) is 0 Å². The molecule has 0 unspecified atom stereocenters. The standard InChI is InChI=1S/C23H25FN8O/c24-18-5-3-16(4-6-18)11-28-23-30-19(29-20-12-25-7-8-26-20)9-21(31-23)32-13-17(14-32)22(33)27-10-15-1-2-15/h3-9,12,15,17H,1-2,10-11,13-14H2,(H,27,33)(H2,26,28,29,30,31). The first-order valence-corrected chi connectivity index (χ1v) is 11.1. The van der Waals surface area contributed by atoms with E-state index in [1.165, 1.54) is 25.0 Å². The number of rotatable bonds is 9. The third-order valence-electron chi connectivity index (χ3n) is 5.73. The Balaban J connectivity index is 1.28. The van der Waals surface area contributed by atoms with Crippen LogP contribution in [-0.4, -0.2) is 45.5 Å². The molecule has 170 valence electrons. The van der Waals surface area contributed by atoms with Crippen LogP contribution in [0.25, 0.3) is 0 Å². The Morgan fingerprint density at radius 3 is 2.64 bits per heavy atom. The molecule has 2 aromatic heterocycles. The van der Waals surface area contributed by atoms with Crippen molar-refractivity contribution >= 4 is 29.3 Å². The second kappa shape index (κ2) is 9.35. The maximum atomic E-state index is 13.2. The highest BCUT2D eigenvalue weighted by molar-refractivity contribution is 5.82. The summed E-state index contributed by atoms with van der Waals surface area (Å²) in [4.78, 5) is 31.9. The van der Waals surface area contributed by atoms with Gasteiger partial charge >= 0.3 is 0 Å². The Morgan fingerprint density at radius 2 is 1.91 bits per heavy atom. The fourth-order valence-electron chi connectivity index (χ4n) is 3.56. The van der Waals surface area contributed by atoms with E-state index in [9.17, 15) is 9.18 Å². The van der Waals surface area contributed by atoms with E-state index in [1.54, 1.807) is 30.7 Å². The number of nitrogens with one attached hydrogen (secondary N) is 3. The zero-order valence-electron chi connectivity index (χ0n) is 18.0. The zero-order valence-corrected chi connectivity index (χ0v) is 18.0. The van der Waals surface area contributed by atoms with Crippen molar-refractivity contribution in [2.45, 2.75) is 19.4 Å². The predicted molar refractivity (Wildman–Crippen MR) is 123 cm³/mol. The van der Waals surface area contributed by atoms with Crippen LogP contribution in [-0.2, 0) is 11.3 Å². The summed E-state index contributed by atoms with van der Waals surface area (Å²) in [5.41, 5.74) is 0.908. The lowest BCUT2D eigenvalue weighted by atomic mass is 9.99. The summed E-state index contributed by atoms with van der Waals surface area (Å²) in [6, 6.07) is 8.10. The largest absolute Gasteiger partial charge is 0.355 e. The van der Waals surface area contributed by atoms with Crippen LogP contribution in [0.4, 0.5) is 27.8 Å². The molecule has 1 amide bonds. The molecule has 5 rings (SSSR count). The molecule has 9 nitrogen and oxygen atoms in total. The second-order valence-corrected chi connectivity index (χ2v) is 8.42. The lowest BCUT2D eigenvalue weighted by Gasteiger charge is -2.39. The number of nitrogens with zero attached hydrogens (tertiary/aromatic N) is 5. The molecule has 0 spiro atoms. The summed E-state index contributed by atoms with van der Waals surface area (Å²) in [6.45, 7) is 2.44. The third kappa shape index (κ3) is 5.51. The SMILES string of the molecule is O=C(NCC1CC1)C1CN(c2cc(Nc3cnccn3)nc(NCc3ccc(F)cc3)n2)C1. The summed E-state index contributed by atoms with van der Waals surface area (Å²) in [6.07, 6.45) is 7.23. The molecule has 1 aromatic carbocycles. The van der Waals surface area contributed by atoms with Gasteiger partial charge in [-0.05, 0) is 36.5 Å². The molecule has 1 saturated heterocycles. The van der Waals surface area contributed by atoms with Crippen molar-refractivity contribution in [3.63, 3.8) is 0 Å². The van der Waals surface area contributed by atoms with Crippen LogP contribution in [0.5, 0.6) is 0 Å². The fraction of sp³-hybridized carbons (Fsp3) is 0.348. The van der Waals surface area contributed by atoms with Gasteiger partial charge in [0.2, 0.25) is 11.9 Å². The molecule has 33 heavy (non-hydrogen) atoms. The van der Waals surface area contributed by atoms with Gasteiger partial charge in [-0.15, -0.1) is 0 Å². The lowest BCUT2D eigenvalue weighted by Crippen LogP contribution is -2.54. The van der Waals surface area contributed by atoms with Gasteiger partial charge in [0, 0.05) is 44.6 Å². The number of anilines is 4. The predicted octanol–water partition coefficient (Wildman–Crippen LogP) is 2.72. The molecular formula is C23H25FN8O. The van der Waals surface area contributed by atoms with Crippen LogP contribution in [0.2, 0.25) is 0 Å². The van der Waals surface area contributed by atoms with Crippen LogP contribution in [0, 0.1) is 17.7 Å². The minimum Gasteiger partial charge on any atom is -0.355 e. The van der Waals surface area contributed by atoms with Crippen LogP contribution in [0.3, 0.4) is 0 Å². The summed E-state index contributed by atoms with van der Waals surface area (Å²) in [7, 11) is 0. The van der Waals surface area contributed by atoms with Gasteiger partial charge in [-0.3, -0.25) is 9.78 Å². The maximum Gasteiger partial charge on any atom is 0.226 e. The van der Waals surface area contributed by atoms with Crippen molar-refractivity contribution in [2.24, 2.45) is 11.8 Å². The summed E-state index contributed by atoms with van der Waals surface area (Å²) < 4.78 is 13.2. The third-order valence-corrected chi connectivity index (χ3v) is 5.73. The molecule has 3 aromatic rings. The Hall–Kier alpha value is -3.82. The highest BCUT2D eigenvalue weighted by Gasteiger charge is 2.34. The molecule has 0 radical (unpaired) electrons. The van der Waals surface area contributed by atoms with E-state index in [-0.39, 0.29) is 17.6 Å². The molecule has 3 N–H and O–H groups in total. The Morgan fingerprint density at radius 1 is 1.09 bits per heavy atom. The number of carbonyl (C=O) groups is 1. The number of hydrogen-bond acceptors (Lipinski definition) is 8. The fourth-order valence-corrected chi connectivity index (χ4v) is 3.56. The molecule has 10 heteroatoms. The highest BCUT2D eigenvalue weighted by atomic mass is 19.1. The van der Waals surface area contributed by atoms with Gasteiger partial charge in [-0.25, -0.2) is 9.37 Å². The van der Waals surface area contributed by atoms with E-state index >= 15 is 0 Å². The molecule has 1 aliphatic heterocycles. The molecule has 2 aliphatic rings. The average Bonchev–Trinajstić information content (AvgIpc) is 3.62. The second-order valence-electron chi connectivity index (χ2n) is 8.42. The van der Waals surface area contributed by atoms with Crippen molar-refractivity contribution in [3.8, 4) is 0 Å². The average molecular weight is 449 g/mol. The summed E-state index contributed by atoms with van der Waals surface area (Å²) in [5.74, 6) is 2.72. The molecule has 1 aliphatic carbocycles. The number of carbonyl (C=O) groups excluding carboxylic acids is 1.